The molecule has 0 aliphatic heterocycles. The molecule has 0 atom stereocenters. The third-order valence-electron chi connectivity index (χ3n) is 4.55. The second-order valence-corrected chi connectivity index (χ2v) is 6.64. The summed E-state index contributed by atoms with van der Waals surface area (Å²) in [5.74, 6) is 2.36. The fourth-order valence-electron chi connectivity index (χ4n) is 2.83. The van der Waals surface area contributed by atoms with Gasteiger partial charge in [-0.05, 0) is 49.2 Å². The number of imidazole rings is 1. The number of nitrogens with zero attached hydrogens (tertiary/aromatic N) is 3. The van der Waals surface area contributed by atoms with E-state index >= 15 is 0 Å². The number of amides is 2. The van der Waals surface area contributed by atoms with Gasteiger partial charge in [0.05, 0.1) is 12.8 Å². The quantitative estimate of drug-likeness (QED) is 0.690. The molecule has 0 saturated heterocycles. The number of carbonyl (C=O) groups is 1. The highest BCUT2D eigenvalue weighted by Crippen LogP contribution is 2.29. The van der Waals surface area contributed by atoms with Gasteiger partial charge >= 0.3 is 6.03 Å². The largest absolute Gasteiger partial charge is 0.486 e. The number of anilines is 1. The minimum atomic E-state index is -0.107. The van der Waals surface area contributed by atoms with Crippen molar-refractivity contribution in [2.24, 2.45) is 7.05 Å². The number of ether oxygens (including phenoxy) is 1. The lowest BCUT2D eigenvalue weighted by Gasteiger charge is -2.22. The van der Waals surface area contributed by atoms with Crippen molar-refractivity contribution in [2.75, 3.05) is 5.32 Å². The van der Waals surface area contributed by atoms with Crippen molar-refractivity contribution in [3.63, 3.8) is 0 Å². The fourth-order valence-corrected chi connectivity index (χ4v) is 2.83. The molecule has 2 amide bonds. The first kappa shape index (κ1) is 17.2. The van der Waals surface area contributed by atoms with E-state index in [1.165, 1.54) is 0 Å². The molecule has 3 aromatic rings. The van der Waals surface area contributed by atoms with Crippen LogP contribution < -0.4 is 10.1 Å². The zero-order valence-electron chi connectivity index (χ0n) is 15.2. The summed E-state index contributed by atoms with van der Waals surface area (Å²) in [6.07, 6.45) is 7.34. The highest BCUT2D eigenvalue weighted by molar-refractivity contribution is 5.89. The molecular weight excluding hydrogens is 344 g/mol. The Morgan fingerprint density at radius 2 is 2.15 bits per heavy atom. The number of hydrogen-bond donors (Lipinski definition) is 1. The molecule has 2 heterocycles. The number of carbonyl (C=O) groups excluding carboxylic acids is 1. The Bertz CT molecular complexity index is 882. The lowest BCUT2D eigenvalue weighted by atomic mass is 10.3. The molecule has 27 heavy (non-hydrogen) atoms. The van der Waals surface area contributed by atoms with Crippen LogP contribution in [0.15, 0.2) is 59.5 Å². The molecule has 0 bridgehead atoms. The van der Waals surface area contributed by atoms with Crippen molar-refractivity contribution in [2.45, 2.75) is 32.0 Å². The summed E-state index contributed by atoms with van der Waals surface area (Å²) in [4.78, 5) is 18.9. The molecule has 1 aromatic carbocycles. The van der Waals surface area contributed by atoms with Crippen LogP contribution in [0, 0.1) is 0 Å². The average molecular weight is 366 g/mol. The first-order valence-electron chi connectivity index (χ1n) is 8.98. The van der Waals surface area contributed by atoms with E-state index in [0.29, 0.717) is 13.2 Å². The van der Waals surface area contributed by atoms with Crippen LogP contribution in [0.3, 0.4) is 0 Å². The number of rotatable bonds is 7. The van der Waals surface area contributed by atoms with Gasteiger partial charge in [0.25, 0.3) is 0 Å². The second-order valence-electron chi connectivity index (χ2n) is 6.64. The SMILES string of the molecule is Cn1ccnc1CN(C(=O)Nc1ccc(OCc2ccco2)cc1)C1CC1. The van der Waals surface area contributed by atoms with Crippen LogP contribution in [0.2, 0.25) is 0 Å². The molecule has 1 aliphatic carbocycles. The summed E-state index contributed by atoms with van der Waals surface area (Å²) in [5.41, 5.74) is 0.732. The van der Waals surface area contributed by atoms with Gasteiger partial charge in [-0.3, -0.25) is 0 Å². The standard InChI is InChI=1S/C20H22N4O3/c1-23-11-10-21-19(23)13-24(16-6-7-16)20(25)22-15-4-8-17(9-5-15)27-14-18-3-2-12-26-18/h2-5,8-12,16H,6-7,13-14H2,1H3,(H,22,25). The van der Waals surface area contributed by atoms with E-state index in [-0.39, 0.29) is 12.1 Å². The molecule has 1 aliphatic rings. The number of aromatic nitrogens is 2. The van der Waals surface area contributed by atoms with Crippen molar-refractivity contribution >= 4 is 11.7 Å². The summed E-state index contributed by atoms with van der Waals surface area (Å²) < 4.78 is 12.8. The van der Waals surface area contributed by atoms with Crippen LogP contribution in [-0.2, 0) is 20.2 Å². The molecule has 2 aromatic heterocycles. The van der Waals surface area contributed by atoms with E-state index in [1.807, 2.05) is 59.1 Å². The molecule has 0 unspecified atom stereocenters. The first-order valence-corrected chi connectivity index (χ1v) is 8.98. The second kappa shape index (κ2) is 7.57. The molecule has 7 heteroatoms. The molecule has 0 spiro atoms. The van der Waals surface area contributed by atoms with Crippen LogP contribution in [0.4, 0.5) is 10.5 Å². The third kappa shape index (κ3) is 4.31. The highest BCUT2D eigenvalue weighted by atomic mass is 16.5. The van der Waals surface area contributed by atoms with Gasteiger partial charge in [0, 0.05) is 31.2 Å². The van der Waals surface area contributed by atoms with Gasteiger partial charge in [-0.1, -0.05) is 0 Å². The Hall–Kier alpha value is -3.22. The third-order valence-corrected chi connectivity index (χ3v) is 4.55. The predicted molar refractivity (Wildman–Crippen MR) is 100 cm³/mol. The monoisotopic (exact) mass is 366 g/mol. The van der Waals surface area contributed by atoms with Gasteiger partial charge < -0.3 is 23.9 Å². The maximum atomic E-state index is 12.7. The zero-order chi connectivity index (χ0) is 18.6. The average Bonchev–Trinajstić information content (AvgIpc) is 3.21. The van der Waals surface area contributed by atoms with Crippen molar-refractivity contribution in [1.82, 2.24) is 14.5 Å². The van der Waals surface area contributed by atoms with Crippen LogP contribution in [0.1, 0.15) is 24.4 Å². The molecule has 7 nitrogen and oxygen atoms in total. The molecular formula is C20H22N4O3. The van der Waals surface area contributed by atoms with E-state index in [9.17, 15) is 4.79 Å². The predicted octanol–water partition coefficient (Wildman–Crippen LogP) is 3.79. The Morgan fingerprint density at radius 1 is 1.33 bits per heavy atom. The van der Waals surface area contributed by atoms with Crippen LogP contribution in [0.25, 0.3) is 0 Å². The smallest absolute Gasteiger partial charge is 0.322 e. The number of aryl methyl sites for hydroxylation is 1. The normalized spacial score (nSPS) is 13.4. The van der Waals surface area contributed by atoms with E-state index in [1.54, 1.807) is 12.5 Å². The zero-order valence-corrected chi connectivity index (χ0v) is 15.2. The molecule has 1 saturated carbocycles. The summed E-state index contributed by atoms with van der Waals surface area (Å²) in [7, 11) is 1.94. The highest BCUT2D eigenvalue weighted by Gasteiger charge is 2.33. The van der Waals surface area contributed by atoms with E-state index in [4.69, 9.17) is 9.15 Å². The Labute approximate surface area is 157 Å². The van der Waals surface area contributed by atoms with Gasteiger partial charge in [-0.15, -0.1) is 0 Å². The Kier molecular flexibility index (Phi) is 4.82. The molecule has 4 rings (SSSR count). The topological polar surface area (TPSA) is 72.5 Å². The molecule has 1 N–H and O–H groups in total. The summed E-state index contributed by atoms with van der Waals surface area (Å²) in [6.45, 7) is 0.877. The number of benzene rings is 1. The minimum absolute atomic E-state index is 0.107. The fraction of sp³-hybridized carbons (Fsp3) is 0.300. The molecule has 0 radical (unpaired) electrons. The van der Waals surface area contributed by atoms with Crippen LogP contribution >= 0.6 is 0 Å². The Morgan fingerprint density at radius 3 is 2.78 bits per heavy atom. The van der Waals surface area contributed by atoms with Crippen LogP contribution in [-0.4, -0.2) is 26.5 Å². The number of nitrogens with one attached hydrogen (secondary N) is 1. The lowest BCUT2D eigenvalue weighted by molar-refractivity contribution is 0.204. The van der Waals surface area contributed by atoms with Gasteiger partial charge in [0.2, 0.25) is 0 Å². The molecule has 140 valence electrons. The summed E-state index contributed by atoms with van der Waals surface area (Å²) >= 11 is 0. The summed E-state index contributed by atoms with van der Waals surface area (Å²) in [6, 6.07) is 11.2. The Balaban J connectivity index is 1.35. The van der Waals surface area contributed by atoms with E-state index < -0.39 is 0 Å². The van der Waals surface area contributed by atoms with Gasteiger partial charge in [0.1, 0.15) is 23.9 Å². The van der Waals surface area contributed by atoms with Crippen LogP contribution in [0.5, 0.6) is 5.75 Å². The van der Waals surface area contributed by atoms with Gasteiger partial charge in [-0.25, -0.2) is 9.78 Å². The van der Waals surface area contributed by atoms with Gasteiger partial charge in [-0.2, -0.15) is 0 Å². The number of furan rings is 1. The summed E-state index contributed by atoms with van der Waals surface area (Å²) in [5, 5.41) is 2.97. The van der Waals surface area contributed by atoms with Crippen molar-refractivity contribution in [3.8, 4) is 5.75 Å². The van der Waals surface area contributed by atoms with Gasteiger partial charge in [0.15, 0.2) is 0 Å². The van der Waals surface area contributed by atoms with E-state index in [0.717, 1.165) is 35.9 Å². The first-order chi connectivity index (χ1) is 13.2. The van der Waals surface area contributed by atoms with Crippen molar-refractivity contribution in [3.05, 3.63) is 66.6 Å². The molecule has 1 fully saturated rings. The maximum Gasteiger partial charge on any atom is 0.322 e. The van der Waals surface area contributed by atoms with Crippen molar-refractivity contribution in [1.29, 1.82) is 0 Å². The van der Waals surface area contributed by atoms with E-state index in [2.05, 4.69) is 10.3 Å². The van der Waals surface area contributed by atoms with Crippen molar-refractivity contribution < 1.29 is 13.9 Å². The lowest BCUT2D eigenvalue weighted by Crippen LogP contribution is -2.37. The number of hydrogen-bond acceptors (Lipinski definition) is 4. The minimum Gasteiger partial charge on any atom is -0.486 e. The number of urea groups is 1. The maximum absolute atomic E-state index is 12.7.